The van der Waals surface area contributed by atoms with Gasteiger partial charge in [0.25, 0.3) is 0 Å². The fraction of sp³-hybridized carbons (Fsp3) is 0.550. The smallest absolute Gasteiger partial charge is 0.239 e. The van der Waals surface area contributed by atoms with E-state index in [2.05, 4.69) is 0 Å². The van der Waals surface area contributed by atoms with Gasteiger partial charge in [-0.05, 0) is 42.4 Å². The number of nitrogens with zero attached hydrogens (tertiary/aromatic N) is 1. The lowest BCUT2D eigenvalue weighted by molar-refractivity contribution is -0.118. The molecule has 0 atom stereocenters. The molecule has 3 rings (SSSR count). The highest BCUT2D eigenvalue weighted by Crippen LogP contribution is 2.30. The Morgan fingerprint density at radius 1 is 1.12 bits per heavy atom. The number of rotatable bonds is 7. The van der Waals surface area contributed by atoms with E-state index in [0.29, 0.717) is 30.2 Å². The third-order valence-electron chi connectivity index (χ3n) is 5.53. The van der Waals surface area contributed by atoms with Crippen molar-refractivity contribution in [3.63, 3.8) is 0 Å². The van der Waals surface area contributed by atoms with Gasteiger partial charge in [0.05, 0.1) is 11.4 Å². The van der Waals surface area contributed by atoms with Crippen molar-refractivity contribution in [3.8, 4) is 0 Å². The van der Waals surface area contributed by atoms with Gasteiger partial charge in [-0.1, -0.05) is 56.4 Å². The van der Waals surface area contributed by atoms with Crippen LogP contribution in [0.5, 0.6) is 0 Å². The molecule has 1 aromatic rings. The third-order valence-corrected chi connectivity index (χ3v) is 7.50. The van der Waals surface area contributed by atoms with Crippen LogP contribution in [0.25, 0.3) is 6.08 Å². The second-order valence-corrected chi connectivity index (χ2v) is 9.40. The zero-order valence-corrected chi connectivity index (χ0v) is 16.0. The maximum Gasteiger partial charge on any atom is 0.239 e. The lowest BCUT2D eigenvalue weighted by Gasteiger charge is -2.27. The second-order valence-electron chi connectivity index (χ2n) is 7.41. The summed E-state index contributed by atoms with van der Waals surface area (Å²) in [5, 5.41) is 0. The van der Waals surface area contributed by atoms with Gasteiger partial charge in [0, 0.05) is 6.54 Å². The Kier molecular flexibility index (Phi) is 6.14. The maximum absolute atomic E-state index is 13.2. The summed E-state index contributed by atoms with van der Waals surface area (Å²) in [4.78, 5) is 11.9. The minimum Gasteiger partial charge on any atom is -0.369 e. The van der Waals surface area contributed by atoms with Crippen LogP contribution >= 0.6 is 0 Å². The van der Waals surface area contributed by atoms with E-state index < -0.39 is 15.9 Å². The molecule has 1 fully saturated rings. The first-order valence-electron chi connectivity index (χ1n) is 9.54. The van der Waals surface area contributed by atoms with Crippen molar-refractivity contribution in [2.75, 3.05) is 13.1 Å². The molecule has 0 bridgehead atoms. The number of fused-ring (bicyclic) bond motifs is 1. The molecule has 0 aliphatic heterocycles. The van der Waals surface area contributed by atoms with Crippen molar-refractivity contribution in [2.24, 2.45) is 11.7 Å². The van der Waals surface area contributed by atoms with E-state index in [1.54, 1.807) is 6.08 Å². The Morgan fingerprint density at radius 2 is 1.85 bits per heavy atom. The molecule has 5 nitrogen and oxygen atoms in total. The molecular formula is C20H28N2O3S. The Bertz CT molecular complexity index is 780. The summed E-state index contributed by atoms with van der Waals surface area (Å²) in [6.07, 6.45) is 9.74. The molecule has 6 heteroatoms. The SMILES string of the molecule is NC(=O)CN(CCC1CCCCC1)S(=O)(=O)C1=Cc2ccccc2CC1. The van der Waals surface area contributed by atoms with Gasteiger partial charge in [0.15, 0.2) is 0 Å². The number of aryl methyl sites for hydroxylation is 1. The molecule has 0 spiro atoms. The fourth-order valence-corrected chi connectivity index (χ4v) is 5.65. The van der Waals surface area contributed by atoms with Crippen LogP contribution in [0.1, 0.15) is 56.1 Å². The van der Waals surface area contributed by atoms with Gasteiger partial charge in [-0.15, -0.1) is 0 Å². The normalized spacial score (nSPS) is 18.4. The van der Waals surface area contributed by atoms with Crippen LogP contribution in [0.3, 0.4) is 0 Å². The topological polar surface area (TPSA) is 80.5 Å². The first-order valence-corrected chi connectivity index (χ1v) is 11.0. The van der Waals surface area contributed by atoms with Crippen LogP contribution < -0.4 is 5.73 Å². The van der Waals surface area contributed by atoms with E-state index in [1.807, 2.05) is 24.3 Å². The van der Waals surface area contributed by atoms with Crippen molar-refractivity contribution >= 4 is 22.0 Å². The average molecular weight is 377 g/mol. The Hall–Kier alpha value is -1.66. The number of carbonyl (C=O) groups is 1. The number of primary amides is 1. The van der Waals surface area contributed by atoms with E-state index in [4.69, 9.17) is 5.73 Å². The van der Waals surface area contributed by atoms with Crippen molar-refractivity contribution in [1.82, 2.24) is 4.31 Å². The molecule has 0 saturated heterocycles. The molecular weight excluding hydrogens is 348 g/mol. The van der Waals surface area contributed by atoms with Gasteiger partial charge in [-0.25, -0.2) is 8.42 Å². The first kappa shape index (κ1) is 19.1. The van der Waals surface area contributed by atoms with Gasteiger partial charge >= 0.3 is 0 Å². The van der Waals surface area contributed by atoms with Crippen molar-refractivity contribution < 1.29 is 13.2 Å². The lowest BCUT2D eigenvalue weighted by atomic mass is 9.87. The minimum atomic E-state index is -3.67. The number of amides is 1. The molecule has 1 saturated carbocycles. The second kappa shape index (κ2) is 8.35. The lowest BCUT2D eigenvalue weighted by Crippen LogP contribution is -2.40. The van der Waals surface area contributed by atoms with Crippen molar-refractivity contribution in [2.45, 2.75) is 51.4 Å². The van der Waals surface area contributed by atoms with Gasteiger partial charge in [0.1, 0.15) is 0 Å². The molecule has 2 aliphatic rings. The minimum absolute atomic E-state index is 0.242. The molecule has 142 valence electrons. The summed E-state index contributed by atoms with van der Waals surface area (Å²) in [6, 6.07) is 7.84. The number of nitrogens with two attached hydrogens (primary N) is 1. The summed E-state index contributed by atoms with van der Waals surface area (Å²) in [6.45, 7) is 0.128. The van der Waals surface area contributed by atoms with Gasteiger partial charge in [-0.2, -0.15) is 4.31 Å². The standard InChI is InChI=1S/C20H28N2O3S/c21-20(23)15-22(13-12-16-6-2-1-3-7-16)26(24,25)19-11-10-17-8-4-5-9-18(17)14-19/h4-5,8-9,14,16H,1-3,6-7,10-13,15H2,(H2,21,23). The monoisotopic (exact) mass is 376 g/mol. The molecule has 26 heavy (non-hydrogen) atoms. The number of hydrogen-bond donors (Lipinski definition) is 1. The molecule has 0 aromatic heterocycles. The summed E-state index contributed by atoms with van der Waals surface area (Å²) in [5.74, 6) is -0.0515. The summed E-state index contributed by atoms with van der Waals surface area (Å²) in [5.41, 5.74) is 7.45. The van der Waals surface area contributed by atoms with Gasteiger partial charge < -0.3 is 5.73 Å². The Labute approximate surface area is 156 Å². The van der Waals surface area contributed by atoms with Crippen LogP contribution in [0.4, 0.5) is 0 Å². The van der Waals surface area contributed by atoms with Crippen LogP contribution in [0.15, 0.2) is 29.2 Å². The number of allylic oxidation sites excluding steroid dienone is 1. The predicted octanol–water partition coefficient (Wildman–Crippen LogP) is 3.06. The highest BCUT2D eigenvalue weighted by Gasteiger charge is 2.30. The Morgan fingerprint density at radius 3 is 2.58 bits per heavy atom. The zero-order valence-electron chi connectivity index (χ0n) is 15.2. The molecule has 1 amide bonds. The summed E-state index contributed by atoms with van der Waals surface area (Å²) in [7, 11) is -3.67. The quantitative estimate of drug-likeness (QED) is 0.794. The van der Waals surface area contributed by atoms with E-state index in [-0.39, 0.29) is 6.54 Å². The predicted molar refractivity (Wildman–Crippen MR) is 104 cm³/mol. The molecule has 0 radical (unpaired) electrons. The molecule has 0 unspecified atom stereocenters. The fourth-order valence-electron chi connectivity index (χ4n) is 4.04. The zero-order chi connectivity index (χ0) is 18.6. The van der Waals surface area contributed by atoms with Crippen molar-refractivity contribution in [3.05, 3.63) is 40.3 Å². The summed E-state index contributed by atoms with van der Waals surface area (Å²) < 4.78 is 27.6. The average Bonchev–Trinajstić information content (AvgIpc) is 2.65. The van der Waals surface area contributed by atoms with Gasteiger partial charge in [-0.3, -0.25) is 4.79 Å². The van der Waals surface area contributed by atoms with Gasteiger partial charge in [0.2, 0.25) is 15.9 Å². The van der Waals surface area contributed by atoms with Crippen LogP contribution in [0.2, 0.25) is 0 Å². The van der Waals surface area contributed by atoms with Crippen molar-refractivity contribution in [1.29, 1.82) is 0 Å². The molecule has 2 aliphatic carbocycles. The number of benzene rings is 1. The van der Waals surface area contributed by atoms with E-state index in [0.717, 1.165) is 30.4 Å². The molecule has 2 N–H and O–H groups in total. The Balaban J connectivity index is 1.78. The number of hydrogen-bond acceptors (Lipinski definition) is 3. The molecule has 0 heterocycles. The maximum atomic E-state index is 13.2. The molecule has 1 aromatic carbocycles. The van der Waals surface area contributed by atoms with Crippen LogP contribution in [-0.4, -0.2) is 31.7 Å². The third kappa shape index (κ3) is 4.54. The number of carbonyl (C=O) groups excluding carboxylic acids is 1. The largest absolute Gasteiger partial charge is 0.369 e. The first-order chi connectivity index (χ1) is 12.5. The van der Waals surface area contributed by atoms with E-state index in [9.17, 15) is 13.2 Å². The van der Waals surface area contributed by atoms with Crippen LogP contribution in [0, 0.1) is 5.92 Å². The summed E-state index contributed by atoms with van der Waals surface area (Å²) >= 11 is 0. The number of sulfonamides is 1. The van der Waals surface area contributed by atoms with Crippen LogP contribution in [-0.2, 0) is 21.2 Å². The highest BCUT2D eigenvalue weighted by atomic mass is 32.2. The highest BCUT2D eigenvalue weighted by molar-refractivity contribution is 7.93. The van der Waals surface area contributed by atoms with E-state index >= 15 is 0 Å². The van der Waals surface area contributed by atoms with E-state index in [1.165, 1.54) is 23.6 Å².